The number of phenolic OH excluding ortho intramolecular Hbond substituents is 1. The van der Waals surface area contributed by atoms with Crippen molar-refractivity contribution in [3.8, 4) is 11.5 Å². The molecule has 0 aliphatic heterocycles. The molecule has 12 heteroatoms. The van der Waals surface area contributed by atoms with Gasteiger partial charge in [0.1, 0.15) is 5.56 Å². The normalized spacial score (nSPS) is 11.0. The van der Waals surface area contributed by atoms with Crippen LogP contribution < -0.4 is 4.74 Å². The van der Waals surface area contributed by atoms with Crippen molar-refractivity contribution >= 4 is 17.6 Å². The number of alkyl halides is 3. The number of ether oxygens (including phenoxy) is 1. The van der Waals surface area contributed by atoms with Gasteiger partial charge in [-0.1, -0.05) is 0 Å². The van der Waals surface area contributed by atoms with E-state index in [0.29, 0.717) is 0 Å². The predicted molar refractivity (Wildman–Crippen MR) is 77.5 cm³/mol. The molecule has 25 heavy (non-hydrogen) atoms. The maximum atomic E-state index is 13.3. The monoisotopic (exact) mass is 365 g/mol. The topological polar surface area (TPSA) is 113 Å². The second-order valence-corrected chi connectivity index (χ2v) is 4.99. The van der Waals surface area contributed by atoms with Gasteiger partial charge in [0.05, 0.1) is 17.6 Å². The van der Waals surface area contributed by atoms with Crippen LogP contribution in [0, 0.1) is 10.1 Å². The van der Waals surface area contributed by atoms with Crippen LogP contribution in [-0.4, -0.2) is 60.0 Å². The van der Waals surface area contributed by atoms with Crippen molar-refractivity contribution in [2.24, 2.45) is 0 Å². The lowest BCUT2D eigenvalue weighted by atomic mass is 10.0. The number of halogens is 3. The lowest BCUT2D eigenvalue weighted by molar-refractivity contribution is -0.386. The van der Waals surface area contributed by atoms with E-state index in [4.69, 9.17) is 0 Å². The molecule has 0 saturated carbocycles. The van der Waals surface area contributed by atoms with Crippen LogP contribution >= 0.6 is 0 Å². The first-order chi connectivity index (χ1) is 11.3. The second-order valence-electron chi connectivity index (χ2n) is 4.99. The number of nitro groups is 1. The van der Waals surface area contributed by atoms with E-state index in [-0.39, 0.29) is 11.0 Å². The van der Waals surface area contributed by atoms with E-state index < -0.39 is 51.4 Å². The lowest BCUT2D eigenvalue weighted by Crippen LogP contribution is -2.41. The Morgan fingerprint density at radius 2 is 1.80 bits per heavy atom. The van der Waals surface area contributed by atoms with Crippen molar-refractivity contribution in [2.45, 2.75) is 6.18 Å². The molecule has 0 radical (unpaired) electrons. The first-order valence-corrected chi connectivity index (χ1v) is 6.49. The Balaban J connectivity index is 3.83. The first kappa shape index (κ1) is 20.0. The summed E-state index contributed by atoms with van der Waals surface area (Å²) >= 11 is 0. The van der Waals surface area contributed by atoms with Crippen molar-refractivity contribution in [2.75, 3.05) is 28.3 Å². The van der Waals surface area contributed by atoms with Crippen LogP contribution in [0.4, 0.5) is 23.7 Å². The maximum absolute atomic E-state index is 13.3. The maximum Gasteiger partial charge on any atom is 0.417 e. The Kier molecular flexibility index (Phi) is 5.46. The van der Waals surface area contributed by atoms with Crippen LogP contribution in [0.1, 0.15) is 15.9 Å². The molecule has 0 fully saturated rings. The van der Waals surface area contributed by atoms with Gasteiger partial charge >= 0.3 is 17.9 Å². The zero-order chi connectivity index (χ0) is 19.7. The molecule has 0 aliphatic carbocycles. The summed E-state index contributed by atoms with van der Waals surface area (Å²) in [7, 11) is 4.21. The smallest absolute Gasteiger partial charge is 0.417 e. The van der Waals surface area contributed by atoms with Gasteiger partial charge in [-0.2, -0.15) is 13.2 Å². The number of aromatic hydroxyl groups is 1. The average molecular weight is 365 g/mol. The van der Waals surface area contributed by atoms with Gasteiger partial charge in [0.15, 0.2) is 5.75 Å². The third-order valence-electron chi connectivity index (χ3n) is 3.14. The van der Waals surface area contributed by atoms with Gasteiger partial charge in [-0.15, -0.1) is 0 Å². The van der Waals surface area contributed by atoms with Crippen LogP contribution in [0.15, 0.2) is 6.07 Å². The minimum atomic E-state index is -5.18. The number of benzene rings is 1. The number of imide groups is 1. The van der Waals surface area contributed by atoms with Gasteiger partial charge < -0.3 is 14.7 Å². The molecule has 1 aromatic rings. The summed E-state index contributed by atoms with van der Waals surface area (Å²) in [6.07, 6.45) is -5.18. The molecule has 0 bridgehead atoms. The molecule has 0 saturated heterocycles. The van der Waals surface area contributed by atoms with Crippen LogP contribution in [-0.2, 0) is 6.18 Å². The highest BCUT2D eigenvalue weighted by Gasteiger charge is 2.44. The summed E-state index contributed by atoms with van der Waals surface area (Å²) in [5.41, 5.74) is -4.68. The van der Waals surface area contributed by atoms with Crippen molar-refractivity contribution in [3.05, 3.63) is 27.3 Å². The van der Waals surface area contributed by atoms with Gasteiger partial charge in [0.2, 0.25) is 5.75 Å². The highest BCUT2D eigenvalue weighted by Crippen LogP contribution is 2.46. The second kappa shape index (κ2) is 6.83. The Bertz CT molecular complexity index is 733. The quantitative estimate of drug-likeness (QED) is 0.648. The zero-order valence-corrected chi connectivity index (χ0v) is 13.5. The van der Waals surface area contributed by atoms with Gasteiger partial charge in [-0.25, -0.2) is 4.79 Å². The summed E-state index contributed by atoms with van der Waals surface area (Å²) in [5.74, 6) is -3.69. The molecule has 0 atom stereocenters. The molecule has 0 aliphatic rings. The third kappa shape index (κ3) is 3.72. The number of phenols is 1. The fourth-order valence-electron chi connectivity index (χ4n) is 1.96. The van der Waals surface area contributed by atoms with E-state index in [9.17, 15) is 38.0 Å². The van der Waals surface area contributed by atoms with Crippen molar-refractivity contribution in [1.29, 1.82) is 0 Å². The van der Waals surface area contributed by atoms with Crippen molar-refractivity contribution in [3.63, 3.8) is 0 Å². The molecule has 1 rings (SSSR count). The SMILES string of the molecule is COc1cc(C(F)(F)F)c(C(=O)N(C)C(=O)N(C)C)c([N+](=O)[O-])c1O. The van der Waals surface area contributed by atoms with Gasteiger partial charge in [-0.05, 0) is 6.07 Å². The number of methoxy groups -OCH3 is 1. The molecular formula is C13H14F3N3O6. The summed E-state index contributed by atoms with van der Waals surface area (Å²) in [6, 6.07) is -0.758. The number of rotatable bonds is 3. The summed E-state index contributed by atoms with van der Waals surface area (Å²) in [6.45, 7) is 0. The molecule has 3 amide bonds. The van der Waals surface area contributed by atoms with Crippen LogP contribution in [0.5, 0.6) is 11.5 Å². The molecule has 0 spiro atoms. The van der Waals surface area contributed by atoms with Crippen molar-refractivity contribution in [1.82, 2.24) is 9.80 Å². The number of hydrogen-bond donors (Lipinski definition) is 1. The zero-order valence-electron chi connectivity index (χ0n) is 13.5. The molecule has 0 unspecified atom stereocenters. The number of hydrogen-bond acceptors (Lipinski definition) is 6. The molecule has 1 aromatic carbocycles. The molecule has 1 N–H and O–H groups in total. The number of carbonyl (C=O) groups is 2. The van der Waals surface area contributed by atoms with Gasteiger partial charge in [-0.3, -0.25) is 19.8 Å². The van der Waals surface area contributed by atoms with Crippen LogP contribution in [0.2, 0.25) is 0 Å². The highest BCUT2D eigenvalue weighted by atomic mass is 19.4. The number of carbonyl (C=O) groups excluding carboxylic acids is 2. The molecule has 138 valence electrons. The Hall–Kier alpha value is -3.05. The fraction of sp³-hybridized carbons (Fsp3) is 0.385. The molecule has 0 aromatic heterocycles. The third-order valence-corrected chi connectivity index (χ3v) is 3.14. The number of nitrogens with zero attached hydrogens (tertiary/aromatic N) is 3. The van der Waals surface area contributed by atoms with Crippen molar-refractivity contribution < 1.29 is 37.5 Å². The minimum Gasteiger partial charge on any atom is -0.499 e. The Morgan fingerprint density at radius 1 is 1.28 bits per heavy atom. The average Bonchev–Trinajstić information content (AvgIpc) is 2.50. The number of urea groups is 1. The van der Waals surface area contributed by atoms with E-state index in [0.717, 1.165) is 19.1 Å². The fourth-order valence-corrected chi connectivity index (χ4v) is 1.96. The van der Waals surface area contributed by atoms with E-state index in [1.54, 1.807) is 0 Å². The van der Waals surface area contributed by atoms with E-state index in [2.05, 4.69) is 4.74 Å². The largest absolute Gasteiger partial charge is 0.499 e. The molecule has 0 heterocycles. The highest BCUT2D eigenvalue weighted by molar-refractivity contribution is 6.08. The van der Waals surface area contributed by atoms with Gasteiger partial charge in [0, 0.05) is 21.1 Å². The summed E-state index contributed by atoms with van der Waals surface area (Å²) < 4.78 is 44.4. The number of nitro benzene ring substituents is 1. The molecule has 9 nitrogen and oxygen atoms in total. The first-order valence-electron chi connectivity index (χ1n) is 6.49. The van der Waals surface area contributed by atoms with Crippen LogP contribution in [0.25, 0.3) is 0 Å². The van der Waals surface area contributed by atoms with E-state index in [1.165, 1.54) is 14.1 Å². The van der Waals surface area contributed by atoms with Gasteiger partial charge in [0.25, 0.3) is 5.91 Å². The summed E-state index contributed by atoms with van der Waals surface area (Å²) in [5, 5.41) is 21.0. The standard InChI is InChI=1S/C13H14F3N3O6/c1-17(2)12(22)18(3)11(21)8-6(13(14,15)16)5-7(25-4)10(20)9(8)19(23)24/h5,20H,1-4H3. The number of amides is 3. The minimum absolute atomic E-state index is 0.254. The predicted octanol–water partition coefficient (Wildman–Crippen LogP) is 2.08. The Labute approximate surface area is 139 Å². The Morgan fingerprint density at radius 3 is 2.16 bits per heavy atom. The summed E-state index contributed by atoms with van der Waals surface area (Å²) in [4.78, 5) is 35.1. The van der Waals surface area contributed by atoms with E-state index in [1.807, 2.05) is 0 Å². The van der Waals surface area contributed by atoms with Crippen LogP contribution in [0.3, 0.4) is 0 Å². The lowest BCUT2D eigenvalue weighted by Gasteiger charge is -2.22. The molecular weight excluding hydrogens is 351 g/mol. The van der Waals surface area contributed by atoms with E-state index >= 15 is 0 Å².